The lowest BCUT2D eigenvalue weighted by Gasteiger charge is -2.28. The second kappa shape index (κ2) is 7.09. The van der Waals surface area contributed by atoms with Crippen molar-refractivity contribution in [2.45, 2.75) is 61.9 Å². The smallest absolute Gasteiger partial charge is 0.209 e. The highest BCUT2D eigenvalue weighted by Crippen LogP contribution is 2.30. The Morgan fingerprint density at radius 2 is 2.06 bits per heavy atom. The maximum atomic E-state index is 4.10. The van der Waals surface area contributed by atoms with Gasteiger partial charge < -0.3 is 5.32 Å². The van der Waals surface area contributed by atoms with Crippen LogP contribution < -0.4 is 5.32 Å². The predicted molar refractivity (Wildman–Crippen MR) is 73.6 cm³/mol. The number of nitrogens with zero attached hydrogens (tertiary/aromatic N) is 4. The van der Waals surface area contributed by atoms with E-state index in [0.717, 1.165) is 11.7 Å². The van der Waals surface area contributed by atoms with E-state index in [0.29, 0.717) is 11.3 Å². The van der Waals surface area contributed by atoms with E-state index in [2.05, 4.69) is 27.8 Å². The summed E-state index contributed by atoms with van der Waals surface area (Å²) in [6, 6.07) is 0.594. The van der Waals surface area contributed by atoms with E-state index in [1.54, 1.807) is 4.68 Å². The third-order valence-corrected chi connectivity index (χ3v) is 4.93. The molecule has 2 atom stereocenters. The van der Waals surface area contributed by atoms with Gasteiger partial charge in [-0.05, 0) is 29.8 Å². The minimum atomic E-state index is 0.593. The van der Waals surface area contributed by atoms with Gasteiger partial charge >= 0.3 is 0 Å². The summed E-state index contributed by atoms with van der Waals surface area (Å²) >= 11 is 1.83. The molecule has 0 aliphatic heterocycles. The summed E-state index contributed by atoms with van der Waals surface area (Å²) in [6.07, 6.45) is 7.94. The van der Waals surface area contributed by atoms with Gasteiger partial charge in [0, 0.05) is 18.3 Å². The van der Waals surface area contributed by atoms with E-state index in [1.165, 1.54) is 38.5 Å². The number of aryl methyl sites for hydroxylation is 1. The largest absolute Gasteiger partial charge is 0.313 e. The Labute approximate surface area is 113 Å². The highest BCUT2D eigenvalue weighted by atomic mass is 32.2. The van der Waals surface area contributed by atoms with Gasteiger partial charge in [-0.15, -0.1) is 5.10 Å². The van der Waals surface area contributed by atoms with Crippen LogP contribution in [0.5, 0.6) is 0 Å². The van der Waals surface area contributed by atoms with E-state index in [-0.39, 0.29) is 0 Å². The van der Waals surface area contributed by atoms with E-state index in [4.69, 9.17) is 0 Å². The SMILES string of the molecule is CCNC1CCCCCCC1Sc1nnnn1C. The predicted octanol–water partition coefficient (Wildman–Crippen LogP) is 2.00. The summed E-state index contributed by atoms with van der Waals surface area (Å²) in [5.41, 5.74) is 0. The average molecular weight is 269 g/mol. The molecule has 0 bridgehead atoms. The van der Waals surface area contributed by atoms with Crippen LogP contribution in [0.25, 0.3) is 0 Å². The molecule has 2 unspecified atom stereocenters. The molecule has 1 N–H and O–H groups in total. The number of thioether (sulfide) groups is 1. The maximum absolute atomic E-state index is 4.10. The number of hydrogen-bond acceptors (Lipinski definition) is 5. The molecular formula is C12H23N5S. The molecule has 0 aromatic carbocycles. The van der Waals surface area contributed by atoms with Crippen molar-refractivity contribution in [2.24, 2.45) is 7.05 Å². The van der Waals surface area contributed by atoms with Crippen LogP contribution in [0.3, 0.4) is 0 Å². The first-order valence-electron chi connectivity index (χ1n) is 6.93. The molecule has 18 heavy (non-hydrogen) atoms. The van der Waals surface area contributed by atoms with Gasteiger partial charge in [-0.2, -0.15) is 0 Å². The minimum absolute atomic E-state index is 0.593. The Kier molecular flexibility index (Phi) is 5.44. The van der Waals surface area contributed by atoms with E-state index >= 15 is 0 Å². The summed E-state index contributed by atoms with van der Waals surface area (Å²) in [5.74, 6) is 0. The van der Waals surface area contributed by atoms with Crippen LogP contribution in [0.2, 0.25) is 0 Å². The van der Waals surface area contributed by atoms with E-state index in [9.17, 15) is 0 Å². The van der Waals surface area contributed by atoms with Crippen LogP contribution in [0.1, 0.15) is 45.4 Å². The van der Waals surface area contributed by atoms with Crippen molar-refractivity contribution in [2.75, 3.05) is 6.54 Å². The van der Waals surface area contributed by atoms with Crippen LogP contribution in [0.15, 0.2) is 5.16 Å². The van der Waals surface area contributed by atoms with Crippen molar-refractivity contribution >= 4 is 11.8 Å². The number of aromatic nitrogens is 4. The summed E-state index contributed by atoms with van der Waals surface area (Å²) in [6.45, 7) is 3.23. The zero-order valence-electron chi connectivity index (χ0n) is 11.3. The lowest BCUT2D eigenvalue weighted by molar-refractivity contribution is 0.405. The fraction of sp³-hybridized carbons (Fsp3) is 0.917. The summed E-state index contributed by atoms with van der Waals surface area (Å²) in [5, 5.41) is 16.9. The zero-order valence-corrected chi connectivity index (χ0v) is 12.1. The Morgan fingerprint density at radius 1 is 1.28 bits per heavy atom. The number of tetrazole rings is 1. The fourth-order valence-electron chi connectivity index (χ4n) is 2.54. The standard InChI is InChI=1S/C12H23N5S/c1-3-13-10-8-6-4-5-7-9-11(10)18-12-14-15-16-17(12)2/h10-11,13H,3-9H2,1-2H3. The van der Waals surface area contributed by atoms with Crippen molar-refractivity contribution in [3.63, 3.8) is 0 Å². The first-order chi connectivity index (χ1) is 8.81. The quantitative estimate of drug-likeness (QED) is 0.906. The van der Waals surface area contributed by atoms with Crippen LogP contribution in [0.4, 0.5) is 0 Å². The first-order valence-corrected chi connectivity index (χ1v) is 7.81. The van der Waals surface area contributed by atoms with Crippen LogP contribution in [-0.2, 0) is 7.05 Å². The third-order valence-electron chi connectivity index (χ3n) is 3.51. The molecule has 102 valence electrons. The molecule has 0 spiro atoms. The van der Waals surface area contributed by atoms with Gasteiger partial charge in [0.1, 0.15) is 0 Å². The maximum Gasteiger partial charge on any atom is 0.209 e. The normalized spacial score (nSPS) is 25.7. The highest BCUT2D eigenvalue weighted by Gasteiger charge is 2.24. The third kappa shape index (κ3) is 3.68. The van der Waals surface area contributed by atoms with Crippen LogP contribution >= 0.6 is 11.8 Å². The second-order valence-electron chi connectivity index (χ2n) is 4.90. The molecule has 1 aromatic heterocycles. The van der Waals surface area contributed by atoms with Crippen molar-refractivity contribution in [1.29, 1.82) is 0 Å². The second-order valence-corrected chi connectivity index (χ2v) is 6.10. The van der Waals surface area contributed by atoms with Gasteiger partial charge in [-0.1, -0.05) is 44.4 Å². The molecule has 0 radical (unpaired) electrons. The monoisotopic (exact) mass is 269 g/mol. The molecule has 2 rings (SSSR count). The van der Waals surface area contributed by atoms with Crippen molar-refractivity contribution in [3.8, 4) is 0 Å². The van der Waals surface area contributed by atoms with E-state index in [1.807, 2.05) is 18.8 Å². The Bertz CT molecular complexity index is 354. The molecule has 1 aliphatic carbocycles. The summed E-state index contributed by atoms with van der Waals surface area (Å²) in [7, 11) is 1.91. The van der Waals surface area contributed by atoms with Crippen molar-refractivity contribution in [1.82, 2.24) is 25.5 Å². The van der Waals surface area contributed by atoms with Gasteiger partial charge in [-0.25, -0.2) is 4.68 Å². The number of rotatable bonds is 4. The minimum Gasteiger partial charge on any atom is -0.313 e. The lowest BCUT2D eigenvalue weighted by atomic mass is 9.96. The topological polar surface area (TPSA) is 55.6 Å². The highest BCUT2D eigenvalue weighted by molar-refractivity contribution is 7.99. The molecule has 1 heterocycles. The van der Waals surface area contributed by atoms with Crippen molar-refractivity contribution in [3.05, 3.63) is 0 Å². The molecule has 0 saturated heterocycles. The average Bonchev–Trinajstić information content (AvgIpc) is 2.73. The molecule has 5 nitrogen and oxygen atoms in total. The van der Waals surface area contributed by atoms with Crippen LogP contribution in [-0.4, -0.2) is 38.0 Å². The van der Waals surface area contributed by atoms with Gasteiger partial charge in [0.05, 0.1) is 0 Å². The zero-order chi connectivity index (χ0) is 12.8. The van der Waals surface area contributed by atoms with Gasteiger partial charge in [0.25, 0.3) is 0 Å². The number of nitrogens with one attached hydrogen (secondary N) is 1. The molecule has 1 saturated carbocycles. The Balaban J connectivity index is 2.02. The number of hydrogen-bond donors (Lipinski definition) is 1. The van der Waals surface area contributed by atoms with E-state index < -0.39 is 0 Å². The van der Waals surface area contributed by atoms with Gasteiger partial charge in [0.15, 0.2) is 0 Å². The summed E-state index contributed by atoms with van der Waals surface area (Å²) < 4.78 is 1.77. The molecular weight excluding hydrogens is 246 g/mol. The first kappa shape index (κ1) is 13.8. The Hall–Kier alpha value is -0.620. The molecule has 0 amide bonds. The molecule has 6 heteroatoms. The molecule has 1 aliphatic rings. The van der Waals surface area contributed by atoms with Crippen LogP contribution in [0, 0.1) is 0 Å². The molecule has 1 aromatic rings. The van der Waals surface area contributed by atoms with Gasteiger partial charge in [-0.3, -0.25) is 0 Å². The fourth-order valence-corrected chi connectivity index (χ4v) is 3.77. The lowest BCUT2D eigenvalue weighted by Crippen LogP contribution is -2.38. The Morgan fingerprint density at radius 3 is 2.72 bits per heavy atom. The summed E-state index contributed by atoms with van der Waals surface area (Å²) in [4.78, 5) is 0. The van der Waals surface area contributed by atoms with Crippen molar-refractivity contribution < 1.29 is 0 Å². The van der Waals surface area contributed by atoms with Gasteiger partial charge in [0.2, 0.25) is 5.16 Å². The molecule has 1 fully saturated rings.